The average Bonchev–Trinajstić information content (AvgIpc) is 2.53. The molecule has 0 radical (unpaired) electrons. The number of ether oxygens (including phenoxy) is 1. The number of unbranched alkanes of at least 4 members (excludes halogenated alkanes) is 1. The third kappa shape index (κ3) is 3.35. The Morgan fingerprint density at radius 1 is 1.23 bits per heavy atom. The third-order valence-corrected chi connectivity index (χ3v) is 3.29. The van der Waals surface area contributed by atoms with Crippen molar-refractivity contribution in [1.82, 2.24) is 5.43 Å². The second-order valence-corrected chi connectivity index (χ2v) is 4.89. The summed E-state index contributed by atoms with van der Waals surface area (Å²) < 4.78 is 5.15. The van der Waals surface area contributed by atoms with Crippen molar-refractivity contribution in [3.05, 3.63) is 41.5 Å². The highest BCUT2D eigenvalue weighted by molar-refractivity contribution is 6.02. The molecule has 6 nitrogen and oxygen atoms in total. The van der Waals surface area contributed by atoms with Crippen LogP contribution < -0.4 is 11.3 Å². The molecule has 0 fully saturated rings. The molecule has 2 aromatic rings. The van der Waals surface area contributed by atoms with Crippen molar-refractivity contribution in [2.75, 3.05) is 6.61 Å². The number of benzene rings is 2. The number of esters is 1. The molecule has 0 bridgehead atoms. The lowest BCUT2D eigenvalue weighted by Gasteiger charge is -2.08. The van der Waals surface area contributed by atoms with E-state index in [0.717, 1.165) is 12.8 Å². The molecule has 4 N–H and O–H groups in total. The number of hydrogen-bond acceptors (Lipinski definition) is 5. The molecule has 0 aliphatic carbocycles. The molecule has 22 heavy (non-hydrogen) atoms. The summed E-state index contributed by atoms with van der Waals surface area (Å²) in [5, 5.41) is 11.1. The van der Waals surface area contributed by atoms with Crippen LogP contribution in [0.25, 0.3) is 10.8 Å². The van der Waals surface area contributed by atoms with Crippen molar-refractivity contribution in [3.63, 3.8) is 0 Å². The zero-order valence-corrected chi connectivity index (χ0v) is 12.3. The van der Waals surface area contributed by atoms with Crippen LogP contribution >= 0.6 is 0 Å². The quantitative estimate of drug-likeness (QED) is 0.258. The molecule has 0 saturated heterocycles. The number of carbonyl (C=O) groups is 2. The van der Waals surface area contributed by atoms with E-state index in [0.29, 0.717) is 22.9 Å². The lowest BCUT2D eigenvalue weighted by Crippen LogP contribution is -2.29. The van der Waals surface area contributed by atoms with Crippen molar-refractivity contribution >= 4 is 22.6 Å². The summed E-state index contributed by atoms with van der Waals surface area (Å²) in [5.74, 6) is 4.09. The molecule has 116 valence electrons. The first-order chi connectivity index (χ1) is 10.6. The van der Waals surface area contributed by atoms with Crippen molar-refractivity contribution in [1.29, 1.82) is 0 Å². The van der Waals surface area contributed by atoms with Gasteiger partial charge in [0.05, 0.1) is 12.2 Å². The lowest BCUT2D eigenvalue weighted by molar-refractivity contribution is 0.0500. The predicted molar refractivity (Wildman–Crippen MR) is 82.5 cm³/mol. The molecule has 0 atom stereocenters. The van der Waals surface area contributed by atoms with Crippen LogP contribution in [0.2, 0.25) is 0 Å². The largest absolute Gasteiger partial charge is 0.507 e. The molecule has 6 heteroatoms. The number of nitrogens with one attached hydrogen (secondary N) is 1. The van der Waals surface area contributed by atoms with E-state index in [4.69, 9.17) is 10.6 Å². The minimum absolute atomic E-state index is 0.0537. The van der Waals surface area contributed by atoms with Crippen LogP contribution in [0.15, 0.2) is 30.3 Å². The van der Waals surface area contributed by atoms with E-state index in [-0.39, 0.29) is 11.3 Å². The first-order valence-corrected chi connectivity index (χ1v) is 7.01. The van der Waals surface area contributed by atoms with Gasteiger partial charge in [-0.15, -0.1) is 0 Å². The molecule has 0 aliphatic rings. The number of rotatable bonds is 5. The Labute approximate surface area is 127 Å². The van der Waals surface area contributed by atoms with Crippen molar-refractivity contribution < 1.29 is 19.4 Å². The Morgan fingerprint density at radius 3 is 2.64 bits per heavy atom. The molecule has 2 aromatic carbocycles. The van der Waals surface area contributed by atoms with Gasteiger partial charge in [0, 0.05) is 10.9 Å². The van der Waals surface area contributed by atoms with Crippen LogP contribution in [0.4, 0.5) is 0 Å². The number of nitrogens with two attached hydrogens (primary N) is 1. The number of phenolic OH excluding ortho intramolecular Hbond substituents is 1. The maximum atomic E-state index is 11.9. The van der Waals surface area contributed by atoms with Gasteiger partial charge in [-0.2, -0.15) is 0 Å². The standard InChI is InChI=1S/C16H18N2O4/c1-2-3-6-22-16(21)10-4-5-13-11(7-10)8-12(9-14(13)19)15(20)18-17/h4-5,7-9,19H,2-3,6,17H2,1H3,(H,18,20). The van der Waals surface area contributed by atoms with Crippen LogP contribution in [0.1, 0.15) is 40.5 Å². The smallest absolute Gasteiger partial charge is 0.338 e. The van der Waals surface area contributed by atoms with E-state index in [1.54, 1.807) is 24.3 Å². The maximum absolute atomic E-state index is 11.9. The van der Waals surface area contributed by atoms with E-state index in [1.165, 1.54) is 6.07 Å². The summed E-state index contributed by atoms with van der Waals surface area (Å²) >= 11 is 0. The van der Waals surface area contributed by atoms with Gasteiger partial charge in [-0.25, -0.2) is 10.6 Å². The van der Waals surface area contributed by atoms with Gasteiger partial charge in [-0.3, -0.25) is 10.2 Å². The zero-order chi connectivity index (χ0) is 16.1. The van der Waals surface area contributed by atoms with Crippen LogP contribution in [0, 0.1) is 0 Å². The average molecular weight is 302 g/mol. The summed E-state index contributed by atoms with van der Waals surface area (Å²) in [7, 11) is 0. The Kier molecular flexibility index (Phi) is 4.95. The van der Waals surface area contributed by atoms with Gasteiger partial charge in [-0.05, 0) is 42.1 Å². The normalized spacial score (nSPS) is 10.5. The van der Waals surface area contributed by atoms with Gasteiger partial charge >= 0.3 is 5.97 Å². The minimum atomic E-state index is -0.520. The van der Waals surface area contributed by atoms with Crippen molar-refractivity contribution in [2.24, 2.45) is 5.84 Å². The highest BCUT2D eigenvalue weighted by Crippen LogP contribution is 2.27. The van der Waals surface area contributed by atoms with E-state index >= 15 is 0 Å². The Hall–Kier alpha value is -2.60. The highest BCUT2D eigenvalue weighted by atomic mass is 16.5. The summed E-state index contributed by atoms with van der Waals surface area (Å²) in [5.41, 5.74) is 2.58. The monoisotopic (exact) mass is 302 g/mol. The minimum Gasteiger partial charge on any atom is -0.507 e. The second-order valence-electron chi connectivity index (χ2n) is 4.89. The van der Waals surface area contributed by atoms with Gasteiger partial charge in [0.15, 0.2) is 0 Å². The van der Waals surface area contributed by atoms with Crippen molar-refractivity contribution in [3.8, 4) is 5.75 Å². The van der Waals surface area contributed by atoms with Gasteiger partial charge < -0.3 is 9.84 Å². The molecule has 0 aliphatic heterocycles. The Balaban J connectivity index is 2.36. The van der Waals surface area contributed by atoms with E-state index in [1.807, 2.05) is 12.3 Å². The topological polar surface area (TPSA) is 102 Å². The van der Waals surface area contributed by atoms with Crippen LogP contribution in [0.3, 0.4) is 0 Å². The fraction of sp³-hybridized carbons (Fsp3) is 0.250. The lowest BCUT2D eigenvalue weighted by atomic mass is 10.0. The number of carbonyl (C=O) groups excluding carboxylic acids is 2. The first kappa shape index (κ1) is 15.8. The number of amides is 1. The van der Waals surface area contributed by atoms with Crippen LogP contribution in [-0.2, 0) is 4.74 Å². The van der Waals surface area contributed by atoms with E-state index in [2.05, 4.69) is 0 Å². The molecular weight excluding hydrogens is 284 g/mol. The zero-order valence-electron chi connectivity index (χ0n) is 12.3. The Morgan fingerprint density at radius 2 is 1.95 bits per heavy atom. The van der Waals surface area contributed by atoms with Gasteiger partial charge in [0.2, 0.25) is 0 Å². The van der Waals surface area contributed by atoms with Crippen molar-refractivity contribution in [2.45, 2.75) is 19.8 Å². The number of fused-ring (bicyclic) bond motifs is 1. The SMILES string of the molecule is CCCCOC(=O)c1ccc2c(O)cc(C(=O)NN)cc2c1. The molecule has 2 rings (SSSR count). The number of aromatic hydroxyl groups is 1. The number of hydrogen-bond donors (Lipinski definition) is 3. The molecule has 0 spiro atoms. The van der Waals surface area contributed by atoms with Gasteiger partial charge in [0.25, 0.3) is 5.91 Å². The summed E-state index contributed by atoms with van der Waals surface area (Å²) in [6.45, 7) is 2.38. The summed E-state index contributed by atoms with van der Waals surface area (Å²) in [6.07, 6.45) is 1.75. The molecule has 1 amide bonds. The fourth-order valence-corrected chi connectivity index (χ4v) is 2.08. The summed E-state index contributed by atoms with van der Waals surface area (Å²) in [4.78, 5) is 23.5. The maximum Gasteiger partial charge on any atom is 0.338 e. The second kappa shape index (κ2) is 6.91. The van der Waals surface area contributed by atoms with E-state index < -0.39 is 11.9 Å². The number of hydrazine groups is 1. The predicted octanol–water partition coefficient (Wildman–Crippen LogP) is 2.11. The van der Waals surface area contributed by atoms with Crippen LogP contribution in [0.5, 0.6) is 5.75 Å². The Bertz CT molecular complexity index is 713. The number of nitrogen functional groups attached to an aromatic ring is 1. The van der Waals surface area contributed by atoms with Gasteiger partial charge in [-0.1, -0.05) is 13.3 Å². The third-order valence-electron chi connectivity index (χ3n) is 3.29. The van der Waals surface area contributed by atoms with Crippen LogP contribution in [-0.4, -0.2) is 23.6 Å². The molecule has 0 aromatic heterocycles. The fourth-order valence-electron chi connectivity index (χ4n) is 2.08. The molecular formula is C16H18N2O4. The van der Waals surface area contributed by atoms with Gasteiger partial charge in [0.1, 0.15) is 5.75 Å². The summed E-state index contributed by atoms with van der Waals surface area (Å²) in [6, 6.07) is 7.66. The van der Waals surface area contributed by atoms with E-state index in [9.17, 15) is 14.7 Å². The molecule has 0 saturated carbocycles. The highest BCUT2D eigenvalue weighted by Gasteiger charge is 2.12. The molecule has 0 heterocycles. The first-order valence-electron chi connectivity index (χ1n) is 7.01. The number of phenols is 1. The molecule has 0 unspecified atom stereocenters.